The Labute approximate surface area is 114 Å². The highest BCUT2D eigenvalue weighted by molar-refractivity contribution is 5.43. The molecule has 2 heterocycles. The van der Waals surface area contributed by atoms with E-state index in [0.29, 0.717) is 24.0 Å². The van der Waals surface area contributed by atoms with Crippen LogP contribution in [0.15, 0.2) is 12.3 Å². The third-order valence-electron chi connectivity index (χ3n) is 3.74. The zero-order valence-electron chi connectivity index (χ0n) is 12.0. The highest BCUT2D eigenvalue weighted by atomic mass is 19.1. The molecule has 1 N–H and O–H groups in total. The van der Waals surface area contributed by atoms with Crippen LogP contribution in [0.3, 0.4) is 0 Å². The van der Waals surface area contributed by atoms with Gasteiger partial charge in [-0.2, -0.15) is 0 Å². The second-order valence-corrected chi connectivity index (χ2v) is 5.34. The number of halogens is 1. The van der Waals surface area contributed by atoms with Crippen molar-refractivity contribution in [3.05, 3.63) is 23.6 Å². The molecule has 0 aromatic carbocycles. The number of nitrogens with one attached hydrogen (secondary N) is 1. The average Bonchev–Trinajstić information content (AvgIpc) is 2.41. The van der Waals surface area contributed by atoms with Crippen LogP contribution in [-0.4, -0.2) is 50.2 Å². The van der Waals surface area contributed by atoms with Crippen molar-refractivity contribution in [3.8, 4) is 0 Å². The topological polar surface area (TPSA) is 31.4 Å². The number of likely N-dealkylation sites (N-methyl/N-ethyl adjacent to an activating group) is 1. The molecule has 0 aliphatic carbocycles. The molecule has 5 heteroatoms. The first-order valence-corrected chi connectivity index (χ1v) is 6.83. The predicted octanol–water partition coefficient (Wildman–Crippen LogP) is 1.47. The summed E-state index contributed by atoms with van der Waals surface area (Å²) in [6.45, 7) is 2.27. The lowest BCUT2D eigenvalue weighted by molar-refractivity contribution is 0.256. The van der Waals surface area contributed by atoms with E-state index >= 15 is 0 Å². The summed E-state index contributed by atoms with van der Waals surface area (Å²) in [4.78, 5) is 8.53. The number of anilines is 1. The first kappa shape index (κ1) is 14.2. The number of rotatable bonds is 4. The summed E-state index contributed by atoms with van der Waals surface area (Å²) in [5.41, 5.74) is 0.680. The van der Waals surface area contributed by atoms with Gasteiger partial charge in [-0.05, 0) is 40.1 Å². The van der Waals surface area contributed by atoms with Crippen LogP contribution in [0.1, 0.15) is 18.4 Å². The minimum atomic E-state index is -0.184. The summed E-state index contributed by atoms with van der Waals surface area (Å²) in [5.74, 6) is 0.315. The summed E-state index contributed by atoms with van der Waals surface area (Å²) < 4.78 is 14.4. The molecule has 0 radical (unpaired) electrons. The average molecular weight is 266 g/mol. The monoisotopic (exact) mass is 266 g/mol. The van der Waals surface area contributed by atoms with Crippen LogP contribution in [0.4, 0.5) is 10.2 Å². The van der Waals surface area contributed by atoms with Gasteiger partial charge in [-0.15, -0.1) is 0 Å². The van der Waals surface area contributed by atoms with Gasteiger partial charge < -0.3 is 15.1 Å². The van der Waals surface area contributed by atoms with Crippen LogP contribution in [0, 0.1) is 5.82 Å². The lowest BCUT2D eigenvalue weighted by atomic mass is 10.0. The molecule has 2 rings (SSSR count). The van der Waals surface area contributed by atoms with E-state index in [0.717, 1.165) is 19.5 Å². The van der Waals surface area contributed by atoms with Gasteiger partial charge in [0.1, 0.15) is 0 Å². The van der Waals surface area contributed by atoms with E-state index in [-0.39, 0.29) is 5.82 Å². The molecule has 1 aromatic heterocycles. The number of hydrogen-bond donors (Lipinski definition) is 1. The number of hydrogen-bond acceptors (Lipinski definition) is 4. The van der Waals surface area contributed by atoms with Gasteiger partial charge in [0, 0.05) is 37.4 Å². The van der Waals surface area contributed by atoms with Crippen molar-refractivity contribution in [2.24, 2.45) is 0 Å². The zero-order chi connectivity index (χ0) is 13.8. The van der Waals surface area contributed by atoms with E-state index in [1.165, 1.54) is 6.42 Å². The highest BCUT2D eigenvalue weighted by Gasteiger charge is 2.24. The van der Waals surface area contributed by atoms with Gasteiger partial charge in [-0.1, -0.05) is 0 Å². The second-order valence-electron chi connectivity index (χ2n) is 5.34. The summed E-state index contributed by atoms with van der Waals surface area (Å²) in [6, 6.07) is 2.21. The Morgan fingerprint density at radius 1 is 1.53 bits per heavy atom. The molecule has 106 valence electrons. The number of nitrogens with zero attached hydrogens (tertiary/aromatic N) is 3. The van der Waals surface area contributed by atoms with Crippen LogP contribution in [0.25, 0.3) is 0 Å². The summed E-state index contributed by atoms with van der Waals surface area (Å²) >= 11 is 0. The van der Waals surface area contributed by atoms with E-state index < -0.39 is 0 Å². The molecule has 0 amide bonds. The summed E-state index contributed by atoms with van der Waals surface area (Å²) in [7, 11) is 5.98. The fourth-order valence-corrected chi connectivity index (χ4v) is 2.59. The molecular weight excluding hydrogens is 243 g/mol. The quantitative estimate of drug-likeness (QED) is 0.894. The number of piperidine rings is 1. The van der Waals surface area contributed by atoms with Crippen molar-refractivity contribution in [2.45, 2.75) is 25.4 Å². The second kappa shape index (κ2) is 6.30. The third kappa shape index (κ3) is 3.22. The number of pyridine rings is 1. The van der Waals surface area contributed by atoms with Crippen LogP contribution in [0.5, 0.6) is 0 Å². The Hall–Kier alpha value is -1.20. The standard InChI is InChI=1S/C14H23FN4/c1-16-9-11-6-7-17-14(13(11)15)19-8-4-5-12(10-19)18(2)3/h6-7,12,16H,4-5,8-10H2,1-3H3. The van der Waals surface area contributed by atoms with Crippen molar-refractivity contribution in [1.29, 1.82) is 0 Å². The molecule has 1 aromatic rings. The minimum absolute atomic E-state index is 0.184. The van der Waals surface area contributed by atoms with Crippen LogP contribution in [0.2, 0.25) is 0 Å². The Morgan fingerprint density at radius 2 is 2.32 bits per heavy atom. The van der Waals surface area contributed by atoms with Crippen molar-refractivity contribution in [2.75, 3.05) is 39.1 Å². The Bertz CT molecular complexity index is 422. The van der Waals surface area contributed by atoms with E-state index in [1.807, 2.05) is 7.05 Å². The normalized spacial score (nSPS) is 20.1. The molecule has 1 fully saturated rings. The molecule has 1 aliphatic rings. The predicted molar refractivity (Wildman–Crippen MR) is 75.9 cm³/mol. The van der Waals surface area contributed by atoms with E-state index in [1.54, 1.807) is 12.3 Å². The molecule has 1 atom stereocenters. The Morgan fingerprint density at radius 3 is 3.00 bits per heavy atom. The fraction of sp³-hybridized carbons (Fsp3) is 0.643. The van der Waals surface area contributed by atoms with Crippen molar-refractivity contribution < 1.29 is 4.39 Å². The highest BCUT2D eigenvalue weighted by Crippen LogP contribution is 2.24. The minimum Gasteiger partial charge on any atom is -0.353 e. The van der Waals surface area contributed by atoms with E-state index in [9.17, 15) is 4.39 Å². The summed E-state index contributed by atoms with van der Waals surface area (Å²) in [5, 5.41) is 2.99. The zero-order valence-corrected chi connectivity index (χ0v) is 12.0. The molecule has 1 saturated heterocycles. The van der Waals surface area contributed by atoms with Gasteiger partial charge in [0.15, 0.2) is 11.6 Å². The fourth-order valence-electron chi connectivity index (χ4n) is 2.59. The van der Waals surface area contributed by atoms with Gasteiger partial charge in [0.05, 0.1) is 0 Å². The van der Waals surface area contributed by atoms with Crippen molar-refractivity contribution in [3.63, 3.8) is 0 Å². The summed E-state index contributed by atoms with van der Waals surface area (Å²) in [6.07, 6.45) is 3.95. The van der Waals surface area contributed by atoms with Gasteiger partial charge in [0.25, 0.3) is 0 Å². The molecular formula is C14H23FN4. The van der Waals surface area contributed by atoms with Crippen molar-refractivity contribution >= 4 is 5.82 Å². The van der Waals surface area contributed by atoms with Crippen molar-refractivity contribution in [1.82, 2.24) is 15.2 Å². The lowest BCUT2D eigenvalue weighted by Crippen LogP contribution is -2.45. The first-order chi connectivity index (χ1) is 9.13. The maximum Gasteiger partial charge on any atom is 0.170 e. The van der Waals surface area contributed by atoms with Crippen LogP contribution >= 0.6 is 0 Å². The molecule has 0 spiro atoms. The van der Waals surface area contributed by atoms with E-state index in [2.05, 4.69) is 34.2 Å². The molecule has 1 aliphatic heterocycles. The maximum absolute atomic E-state index is 14.4. The smallest absolute Gasteiger partial charge is 0.170 e. The van der Waals surface area contributed by atoms with Gasteiger partial charge in [0.2, 0.25) is 0 Å². The molecule has 0 saturated carbocycles. The first-order valence-electron chi connectivity index (χ1n) is 6.83. The van der Waals surface area contributed by atoms with Gasteiger partial charge in [-0.25, -0.2) is 9.37 Å². The molecule has 0 bridgehead atoms. The molecule has 1 unspecified atom stereocenters. The third-order valence-corrected chi connectivity index (χ3v) is 3.74. The van der Waals surface area contributed by atoms with Gasteiger partial charge >= 0.3 is 0 Å². The molecule has 4 nitrogen and oxygen atoms in total. The number of aromatic nitrogens is 1. The molecule has 19 heavy (non-hydrogen) atoms. The lowest BCUT2D eigenvalue weighted by Gasteiger charge is -2.37. The SMILES string of the molecule is CNCc1ccnc(N2CCCC(N(C)C)C2)c1F. The Kier molecular flexibility index (Phi) is 4.71. The maximum atomic E-state index is 14.4. The van der Waals surface area contributed by atoms with Gasteiger partial charge in [-0.3, -0.25) is 0 Å². The van der Waals surface area contributed by atoms with Crippen LogP contribution in [-0.2, 0) is 6.54 Å². The largest absolute Gasteiger partial charge is 0.353 e. The van der Waals surface area contributed by atoms with Crippen LogP contribution < -0.4 is 10.2 Å². The van der Waals surface area contributed by atoms with E-state index in [4.69, 9.17) is 0 Å². The Balaban J connectivity index is 2.19.